The normalized spacial score (nSPS) is 11.8. The van der Waals surface area contributed by atoms with Crippen molar-refractivity contribution in [3.05, 3.63) is 65.7 Å². The fourth-order valence-corrected chi connectivity index (χ4v) is 2.88. The van der Waals surface area contributed by atoms with E-state index in [0.29, 0.717) is 35.2 Å². The fourth-order valence-electron chi connectivity index (χ4n) is 2.88. The standard InChI is InChI=1S/C21H20N4O4/c1-27-16-4-2-3-14(11-16)9-10-22-19-7-8-20(25-24-19)23-21(26)15-5-6-17-18(12-15)29-13-28-17/h2-8,11-12H,9-10,13H2,1H3,(H,22,24)(H,23,25,26). The number of carbonyl (C=O) groups excluding carboxylic acids is 1. The van der Waals surface area contributed by atoms with Crippen LogP contribution in [-0.4, -0.2) is 36.6 Å². The van der Waals surface area contributed by atoms with Crippen LogP contribution in [0, 0.1) is 0 Å². The first-order valence-corrected chi connectivity index (χ1v) is 9.13. The predicted molar refractivity (Wildman–Crippen MR) is 108 cm³/mol. The number of hydrogen-bond donors (Lipinski definition) is 2. The van der Waals surface area contributed by atoms with Crippen LogP contribution in [-0.2, 0) is 6.42 Å². The molecular formula is C21H20N4O4. The Bertz CT molecular complexity index is 1010. The number of hydrogen-bond acceptors (Lipinski definition) is 7. The smallest absolute Gasteiger partial charge is 0.257 e. The maximum absolute atomic E-state index is 12.4. The van der Waals surface area contributed by atoms with E-state index in [-0.39, 0.29) is 12.7 Å². The highest BCUT2D eigenvalue weighted by Gasteiger charge is 2.16. The molecule has 0 unspecified atom stereocenters. The molecule has 0 radical (unpaired) electrons. The molecule has 0 fully saturated rings. The second-order valence-corrected chi connectivity index (χ2v) is 6.35. The number of nitrogens with one attached hydrogen (secondary N) is 2. The molecule has 2 heterocycles. The maximum atomic E-state index is 12.4. The lowest BCUT2D eigenvalue weighted by Gasteiger charge is -2.08. The van der Waals surface area contributed by atoms with Gasteiger partial charge in [-0.05, 0) is 54.4 Å². The summed E-state index contributed by atoms with van der Waals surface area (Å²) in [5, 5.41) is 14.1. The van der Waals surface area contributed by atoms with Gasteiger partial charge >= 0.3 is 0 Å². The van der Waals surface area contributed by atoms with Crippen molar-refractivity contribution in [1.82, 2.24) is 10.2 Å². The van der Waals surface area contributed by atoms with Crippen molar-refractivity contribution in [3.8, 4) is 17.2 Å². The van der Waals surface area contributed by atoms with Crippen LogP contribution in [0.1, 0.15) is 15.9 Å². The third kappa shape index (κ3) is 4.55. The topological polar surface area (TPSA) is 94.6 Å². The number of aromatic nitrogens is 2. The highest BCUT2D eigenvalue weighted by Crippen LogP contribution is 2.32. The fraction of sp³-hybridized carbons (Fsp3) is 0.190. The highest BCUT2D eigenvalue weighted by molar-refractivity contribution is 6.04. The zero-order chi connectivity index (χ0) is 20.1. The minimum absolute atomic E-state index is 0.165. The molecule has 1 amide bonds. The molecule has 0 spiro atoms. The minimum atomic E-state index is -0.295. The minimum Gasteiger partial charge on any atom is -0.497 e. The van der Waals surface area contributed by atoms with Gasteiger partial charge in [-0.2, -0.15) is 0 Å². The Labute approximate surface area is 167 Å². The van der Waals surface area contributed by atoms with Gasteiger partial charge in [0.05, 0.1) is 7.11 Å². The Morgan fingerprint density at radius 2 is 1.86 bits per heavy atom. The molecule has 8 heteroatoms. The molecule has 2 aromatic carbocycles. The van der Waals surface area contributed by atoms with Gasteiger partial charge in [0.2, 0.25) is 6.79 Å². The third-order valence-corrected chi connectivity index (χ3v) is 4.39. The first kappa shape index (κ1) is 18.5. The first-order valence-electron chi connectivity index (χ1n) is 9.13. The zero-order valence-electron chi connectivity index (χ0n) is 15.8. The van der Waals surface area contributed by atoms with Crippen molar-refractivity contribution in [2.45, 2.75) is 6.42 Å². The van der Waals surface area contributed by atoms with Crippen molar-refractivity contribution < 1.29 is 19.0 Å². The van der Waals surface area contributed by atoms with Crippen LogP contribution in [0.3, 0.4) is 0 Å². The molecule has 0 atom stereocenters. The SMILES string of the molecule is COc1cccc(CCNc2ccc(NC(=O)c3ccc4c(c3)OCO4)nn2)c1. The summed E-state index contributed by atoms with van der Waals surface area (Å²) in [6.07, 6.45) is 0.821. The van der Waals surface area contributed by atoms with E-state index in [2.05, 4.69) is 20.8 Å². The van der Waals surface area contributed by atoms with Crippen LogP contribution < -0.4 is 24.8 Å². The molecule has 0 bridgehead atoms. The largest absolute Gasteiger partial charge is 0.497 e. The van der Waals surface area contributed by atoms with Crippen LogP contribution >= 0.6 is 0 Å². The summed E-state index contributed by atoms with van der Waals surface area (Å²) < 4.78 is 15.8. The molecule has 29 heavy (non-hydrogen) atoms. The van der Waals surface area contributed by atoms with Crippen LogP contribution in [0.4, 0.5) is 11.6 Å². The van der Waals surface area contributed by atoms with E-state index in [0.717, 1.165) is 17.7 Å². The van der Waals surface area contributed by atoms with Gasteiger partial charge in [0.25, 0.3) is 5.91 Å². The molecule has 1 aromatic heterocycles. The summed E-state index contributed by atoms with van der Waals surface area (Å²) in [6.45, 7) is 0.864. The molecule has 8 nitrogen and oxygen atoms in total. The summed E-state index contributed by atoms with van der Waals surface area (Å²) in [6, 6.07) is 16.4. The van der Waals surface area contributed by atoms with Gasteiger partial charge in [-0.15, -0.1) is 10.2 Å². The Kier molecular flexibility index (Phi) is 5.42. The van der Waals surface area contributed by atoms with Crippen molar-refractivity contribution in [2.24, 2.45) is 0 Å². The average Bonchev–Trinajstić information content (AvgIpc) is 3.23. The summed E-state index contributed by atoms with van der Waals surface area (Å²) in [5.41, 5.74) is 1.62. The number of carbonyl (C=O) groups is 1. The van der Waals surface area contributed by atoms with Crippen molar-refractivity contribution >= 4 is 17.5 Å². The molecular weight excluding hydrogens is 372 g/mol. The zero-order valence-corrected chi connectivity index (χ0v) is 15.8. The number of amides is 1. The average molecular weight is 392 g/mol. The Hall–Kier alpha value is -3.81. The number of rotatable bonds is 7. The van der Waals surface area contributed by atoms with E-state index in [1.807, 2.05) is 24.3 Å². The summed E-state index contributed by atoms with van der Waals surface area (Å²) in [7, 11) is 1.65. The van der Waals surface area contributed by atoms with E-state index in [9.17, 15) is 4.79 Å². The van der Waals surface area contributed by atoms with Crippen LogP contribution in [0.25, 0.3) is 0 Å². The number of methoxy groups -OCH3 is 1. The second kappa shape index (κ2) is 8.47. The Balaban J connectivity index is 1.30. The quantitative estimate of drug-likeness (QED) is 0.638. The van der Waals surface area contributed by atoms with Gasteiger partial charge in [-0.1, -0.05) is 12.1 Å². The maximum Gasteiger partial charge on any atom is 0.257 e. The van der Waals surface area contributed by atoms with Crippen molar-refractivity contribution in [3.63, 3.8) is 0 Å². The van der Waals surface area contributed by atoms with Crippen molar-refractivity contribution in [2.75, 3.05) is 31.1 Å². The van der Waals surface area contributed by atoms with Gasteiger partial charge in [0, 0.05) is 12.1 Å². The van der Waals surface area contributed by atoms with Gasteiger partial charge in [-0.3, -0.25) is 4.79 Å². The lowest BCUT2D eigenvalue weighted by molar-refractivity contribution is 0.102. The number of ether oxygens (including phenoxy) is 3. The van der Waals surface area contributed by atoms with E-state index < -0.39 is 0 Å². The molecule has 0 saturated heterocycles. The van der Waals surface area contributed by atoms with Crippen molar-refractivity contribution in [1.29, 1.82) is 0 Å². The number of anilines is 2. The number of fused-ring (bicyclic) bond motifs is 1. The molecule has 0 saturated carbocycles. The molecule has 4 rings (SSSR count). The summed E-state index contributed by atoms with van der Waals surface area (Å²) in [5.74, 6) is 2.73. The molecule has 148 valence electrons. The lowest BCUT2D eigenvalue weighted by atomic mass is 10.1. The van der Waals surface area contributed by atoms with Gasteiger partial charge < -0.3 is 24.8 Å². The van der Waals surface area contributed by atoms with E-state index >= 15 is 0 Å². The molecule has 3 aromatic rings. The van der Waals surface area contributed by atoms with E-state index in [4.69, 9.17) is 14.2 Å². The molecule has 1 aliphatic heterocycles. The first-order chi connectivity index (χ1) is 14.2. The Morgan fingerprint density at radius 3 is 2.69 bits per heavy atom. The van der Waals surface area contributed by atoms with E-state index in [1.165, 1.54) is 0 Å². The lowest BCUT2D eigenvalue weighted by Crippen LogP contribution is -2.14. The van der Waals surface area contributed by atoms with E-state index in [1.54, 1.807) is 37.4 Å². The summed E-state index contributed by atoms with van der Waals surface area (Å²) in [4.78, 5) is 12.4. The molecule has 2 N–H and O–H groups in total. The number of benzene rings is 2. The molecule has 0 aliphatic carbocycles. The monoisotopic (exact) mass is 392 g/mol. The van der Waals surface area contributed by atoms with Crippen LogP contribution in [0.5, 0.6) is 17.2 Å². The highest BCUT2D eigenvalue weighted by atomic mass is 16.7. The van der Waals surface area contributed by atoms with Crippen LogP contribution in [0.15, 0.2) is 54.6 Å². The van der Waals surface area contributed by atoms with Gasteiger partial charge in [0.1, 0.15) is 11.6 Å². The second-order valence-electron chi connectivity index (χ2n) is 6.35. The van der Waals surface area contributed by atoms with Gasteiger partial charge in [0.15, 0.2) is 17.3 Å². The third-order valence-electron chi connectivity index (χ3n) is 4.39. The van der Waals surface area contributed by atoms with Crippen LogP contribution in [0.2, 0.25) is 0 Å². The summed E-state index contributed by atoms with van der Waals surface area (Å²) >= 11 is 0. The van der Waals surface area contributed by atoms with Gasteiger partial charge in [-0.25, -0.2) is 0 Å². The number of nitrogens with zero attached hydrogens (tertiary/aromatic N) is 2. The molecule has 1 aliphatic rings. The predicted octanol–water partition coefficient (Wildman–Crippen LogP) is 3.12. The Morgan fingerprint density at radius 1 is 1.03 bits per heavy atom.